The van der Waals surface area contributed by atoms with Crippen molar-refractivity contribution in [2.45, 2.75) is 45.3 Å². The van der Waals surface area contributed by atoms with Crippen LogP contribution in [0.15, 0.2) is 0 Å². The van der Waals surface area contributed by atoms with E-state index in [0.29, 0.717) is 17.9 Å². The molecule has 7 heteroatoms. The predicted octanol–water partition coefficient (Wildman–Crippen LogP) is 1.68. The maximum atomic E-state index is 5.55. The highest BCUT2D eigenvalue weighted by atomic mass is 16.5. The summed E-state index contributed by atoms with van der Waals surface area (Å²) in [5.41, 5.74) is -0.0558. The van der Waals surface area contributed by atoms with Crippen LogP contribution in [0.3, 0.4) is 0 Å². The van der Waals surface area contributed by atoms with Crippen LogP contribution in [0.4, 0.5) is 11.9 Å². The SMILES string of the molecule is CNc1nc(NC2(C)CCOCC2)nc(OC(C)C)n1. The third kappa shape index (κ3) is 3.93. The Bertz CT molecular complexity index is 446. The summed E-state index contributed by atoms with van der Waals surface area (Å²) >= 11 is 0. The number of aromatic nitrogens is 3. The van der Waals surface area contributed by atoms with Crippen LogP contribution in [-0.4, -0.2) is 46.9 Å². The molecule has 1 saturated heterocycles. The van der Waals surface area contributed by atoms with Crippen LogP contribution in [-0.2, 0) is 4.74 Å². The number of anilines is 2. The number of ether oxygens (including phenoxy) is 2. The van der Waals surface area contributed by atoms with Crippen LogP contribution in [0.2, 0.25) is 0 Å². The summed E-state index contributed by atoms with van der Waals surface area (Å²) in [7, 11) is 1.77. The van der Waals surface area contributed by atoms with Gasteiger partial charge in [-0.2, -0.15) is 15.0 Å². The van der Waals surface area contributed by atoms with Gasteiger partial charge in [-0.05, 0) is 33.6 Å². The van der Waals surface area contributed by atoms with E-state index in [-0.39, 0.29) is 11.6 Å². The fourth-order valence-electron chi connectivity index (χ4n) is 2.00. The Morgan fingerprint density at radius 3 is 2.40 bits per heavy atom. The fourth-order valence-corrected chi connectivity index (χ4v) is 2.00. The first-order valence-corrected chi connectivity index (χ1v) is 6.97. The minimum absolute atomic E-state index is 0.0219. The molecule has 1 fully saturated rings. The van der Waals surface area contributed by atoms with E-state index >= 15 is 0 Å². The number of nitrogens with one attached hydrogen (secondary N) is 2. The van der Waals surface area contributed by atoms with Crippen molar-refractivity contribution < 1.29 is 9.47 Å². The monoisotopic (exact) mass is 281 g/mol. The lowest BCUT2D eigenvalue weighted by molar-refractivity contribution is 0.0655. The second-order valence-electron chi connectivity index (χ2n) is 5.48. The predicted molar refractivity (Wildman–Crippen MR) is 77.2 cm³/mol. The van der Waals surface area contributed by atoms with E-state index in [1.807, 2.05) is 13.8 Å². The Morgan fingerprint density at radius 1 is 1.15 bits per heavy atom. The van der Waals surface area contributed by atoms with Crippen molar-refractivity contribution in [3.63, 3.8) is 0 Å². The van der Waals surface area contributed by atoms with Crippen molar-refractivity contribution in [2.24, 2.45) is 0 Å². The molecular weight excluding hydrogens is 258 g/mol. The Labute approximate surface area is 119 Å². The molecule has 0 aliphatic carbocycles. The van der Waals surface area contributed by atoms with Gasteiger partial charge in [-0.3, -0.25) is 0 Å². The lowest BCUT2D eigenvalue weighted by Gasteiger charge is -2.34. The standard InChI is InChI=1S/C13H23N5O2/c1-9(2)20-12-16-10(14-4)15-11(17-12)18-13(3)5-7-19-8-6-13/h9H,5-8H2,1-4H3,(H2,14,15,16,17,18). The van der Waals surface area contributed by atoms with Crippen LogP contribution in [0.1, 0.15) is 33.6 Å². The quantitative estimate of drug-likeness (QED) is 0.849. The summed E-state index contributed by atoms with van der Waals surface area (Å²) in [6, 6.07) is 0.331. The molecule has 0 amide bonds. The maximum Gasteiger partial charge on any atom is 0.323 e. The molecule has 0 radical (unpaired) electrons. The van der Waals surface area contributed by atoms with E-state index in [2.05, 4.69) is 32.5 Å². The second kappa shape index (κ2) is 6.21. The zero-order valence-corrected chi connectivity index (χ0v) is 12.6. The Balaban J connectivity index is 2.17. The molecule has 0 aromatic carbocycles. The molecule has 0 spiro atoms. The van der Waals surface area contributed by atoms with Gasteiger partial charge in [-0.1, -0.05) is 0 Å². The third-order valence-electron chi connectivity index (χ3n) is 3.19. The third-order valence-corrected chi connectivity index (χ3v) is 3.19. The molecule has 1 aliphatic heterocycles. The summed E-state index contributed by atoms with van der Waals surface area (Å²) < 4.78 is 10.9. The lowest BCUT2D eigenvalue weighted by atomic mass is 9.93. The first-order valence-electron chi connectivity index (χ1n) is 6.97. The summed E-state index contributed by atoms with van der Waals surface area (Å²) in [5.74, 6) is 1.03. The van der Waals surface area contributed by atoms with Gasteiger partial charge < -0.3 is 20.1 Å². The number of hydrogen-bond donors (Lipinski definition) is 2. The van der Waals surface area contributed by atoms with Crippen molar-refractivity contribution in [1.82, 2.24) is 15.0 Å². The zero-order chi connectivity index (χ0) is 14.6. The van der Waals surface area contributed by atoms with Gasteiger partial charge in [0.2, 0.25) is 11.9 Å². The van der Waals surface area contributed by atoms with E-state index in [9.17, 15) is 0 Å². The van der Waals surface area contributed by atoms with Crippen molar-refractivity contribution in [3.8, 4) is 6.01 Å². The number of hydrogen-bond acceptors (Lipinski definition) is 7. The average molecular weight is 281 g/mol. The van der Waals surface area contributed by atoms with E-state index < -0.39 is 0 Å². The second-order valence-corrected chi connectivity index (χ2v) is 5.48. The van der Waals surface area contributed by atoms with Gasteiger partial charge in [0.1, 0.15) is 0 Å². The highest BCUT2D eigenvalue weighted by Crippen LogP contribution is 2.24. The molecule has 0 bridgehead atoms. The van der Waals surface area contributed by atoms with Gasteiger partial charge in [-0.15, -0.1) is 0 Å². The van der Waals surface area contributed by atoms with Crippen LogP contribution < -0.4 is 15.4 Å². The first-order chi connectivity index (χ1) is 9.50. The molecule has 0 unspecified atom stereocenters. The first kappa shape index (κ1) is 14.8. The summed E-state index contributed by atoms with van der Waals surface area (Å²) in [5, 5.41) is 6.31. The highest BCUT2D eigenvalue weighted by molar-refractivity contribution is 5.37. The molecule has 7 nitrogen and oxygen atoms in total. The van der Waals surface area contributed by atoms with Gasteiger partial charge in [0.15, 0.2) is 0 Å². The van der Waals surface area contributed by atoms with Crippen LogP contribution >= 0.6 is 0 Å². The summed E-state index contributed by atoms with van der Waals surface area (Å²) in [4.78, 5) is 12.8. The van der Waals surface area contributed by atoms with Crippen LogP contribution in [0.5, 0.6) is 6.01 Å². The van der Waals surface area contributed by atoms with Gasteiger partial charge in [0.25, 0.3) is 0 Å². The highest BCUT2D eigenvalue weighted by Gasteiger charge is 2.28. The lowest BCUT2D eigenvalue weighted by Crippen LogP contribution is -2.41. The minimum Gasteiger partial charge on any atom is -0.461 e. The number of nitrogens with zero attached hydrogens (tertiary/aromatic N) is 3. The van der Waals surface area contributed by atoms with Gasteiger partial charge in [0.05, 0.1) is 6.10 Å². The maximum absolute atomic E-state index is 5.55. The Kier molecular flexibility index (Phi) is 4.59. The largest absolute Gasteiger partial charge is 0.461 e. The normalized spacial score (nSPS) is 17.9. The fraction of sp³-hybridized carbons (Fsp3) is 0.769. The molecule has 1 aromatic rings. The Morgan fingerprint density at radius 2 is 1.80 bits per heavy atom. The molecule has 0 atom stereocenters. The summed E-state index contributed by atoms with van der Waals surface area (Å²) in [6.07, 6.45) is 1.87. The van der Waals surface area contributed by atoms with Crippen LogP contribution in [0.25, 0.3) is 0 Å². The number of rotatable bonds is 5. The summed E-state index contributed by atoms with van der Waals surface area (Å²) in [6.45, 7) is 7.54. The van der Waals surface area contributed by atoms with Crippen molar-refractivity contribution in [1.29, 1.82) is 0 Å². The van der Waals surface area contributed by atoms with E-state index in [4.69, 9.17) is 9.47 Å². The molecule has 20 heavy (non-hydrogen) atoms. The molecule has 1 aromatic heterocycles. The van der Waals surface area contributed by atoms with Gasteiger partial charge in [-0.25, -0.2) is 0 Å². The Hall–Kier alpha value is -1.63. The molecule has 1 aliphatic rings. The zero-order valence-electron chi connectivity index (χ0n) is 12.6. The molecular formula is C13H23N5O2. The van der Waals surface area contributed by atoms with E-state index in [1.165, 1.54) is 0 Å². The van der Waals surface area contributed by atoms with Gasteiger partial charge >= 0.3 is 6.01 Å². The molecule has 2 heterocycles. The minimum atomic E-state index is -0.0558. The van der Waals surface area contributed by atoms with Crippen molar-refractivity contribution in [3.05, 3.63) is 0 Å². The smallest absolute Gasteiger partial charge is 0.323 e. The van der Waals surface area contributed by atoms with Gasteiger partial charge in [0, 0.05) is 25.8 Å². The van der Waals surface area contributed by atoms with Crippen LogP contribution in [0, 0.1) is 0 Å². The molecule has 0 saturated carbocycles. The van der Waals surface area contributed by atoms with Crippen molar-refractivity contribution >= 4 is 11.9 Å². The molecule has 112 valence electrons. The average Bonchev–Trinajstić information content (AvgIpc) is 2.37. The molecule has 2 N–H and O–H groups in total. The van der Waals surface area contributed by atoms with E-state index in [0.717, 1.165) is 26.1 Å². The van der Waals surface area contributed by atoms with E-state index in [1.54, 1.807) is 7.05 Å². The van der Waals surface area contributed by atoms with Crippen molar-refractivity contribution in [2.75, 3.05) is 30.9 Å². The topological polar surface area (TPSA) is 81.2 Å². The molecule has 2 rings (SSSR count).